The zero-order chi connectivity index (χ0) is 16.4. The molecule has 0 aliphatic heterocycles. The Kier molecular flexibility index (Phi) is 4.45. The summed E-state index contributed by atoms with van der Waals surface area (Å²) >= 11 is 11.3. The van der Waals surface area contributed by atoms with Gasteiger partial charge in [-0.15, -0.1) is 0 Å². The van der Waals surface area contributed by atoms with Crippen LogP contribution >= 0.6 is 23.8 Å². The van der Waals surface area contributed by atoms with E-state index in [4.69, 9.17) is 23.8 Å². The van der Waals surface area contributed by atoms with Crippen LogP contribution in [0.4, 0.5) is 11.4 Å². The molecule has 23 heavy (non-hydrogen) atoms. The zero-order valence-corrected chi connectivity index (χ0v) is 13.6. The first-order chi connectivity index (χ1) is 11.0. The van der Waals surface area contributed by atoms with E-state index in [0.29, 0.717) is 21.7 Å². The van der Waals surface area contributed by atoms with Crippen LogP contribution in [0.15, 0.2) is 48.5 Å². The maximum atomic E-state index is 10.8. The van der Waals surface area contributed by atoms with Crippen molar-refractivity contribution in [1.82, 2.24) is 5.32 Å². The number of rotatable bonds is 4. The Bertz CT molecular complexity index is 754. The van der Waals surface area contributed by atoms with Crippen LogP contribution in [0.3, 0.4) is 0 Å². The fraction of sp³-hybridized carbons (Fsp3) is 0.188. The molecule has 1 saturated carbocycles. The summed E-state index contributed by atoms with van der Waals surface area (Å²) in [6, 6.07) is 14.7. The summed E-state index contributed by atoms with van der Waals surface area (Å²) in [5, 5.41) is 17.8. The molecule has 5 nitrogen and oxygen atoms in total. The molecule has 2 aromatic carbocycles. The molecule has 0 saturated heterocycles. The van der Waals surface area contributed by atoms with Gasteiger partial charge in [-0.05, 0) is 30.3 Å². The molecule has 0 bridgehead atoms. The Morgan fingerprint density at radius 2 is 2.00 bits per heavy atom. The highest BCUT2D eigenvalue weighted by atomic mass is 35.5. The number of hydrogen-bond acceptors (Lipinski definition) is 3. The first-order valence-electron chi connectivity index (χ1n) is 7.11. The molecule has 0 unspecified atom stereocenters. The Hall–Kier alpha value is -2.18. The number of nitrogens with one attached hydrogen (secondary N) is 2. The van der Waals surface area contributed by atoms with Crippen molar-refractivity contribution in [2.24, 2.45) is 0 Å². The van der Waals surface area contributed by atoms with Crippen LogP contribution in [0.5, 0.6) is 0 Å². The van der Waals surface area contributed by atoms with Crippen molar-refractivity contribution in [1.29, 1.82) is 0 Å². The number of non-ortho nitro benzene ring substituents is 1. The number of nitrogens with zero attached hydrogens (tertiary/aromatic N) is 1. The fourth-order valence-corrected chi connectivity index (χ4v) is 2.90. The smallest absolute Gasteiger partial charge is 0.271 e. The molecule has 1 fully saturated rings. The number of anilines is 1. The van der Waals surface area contributed by atoms with Gasteiger partial charge in [-0.1, -0.05) is 41.9 Å². The Labute approximate surface area is 143 Å². The number of hydrogen-bond donors (Lipinski definition) is 2. The highest BCUT2D eigenvalue weighted by molar-refractivity contribution is 7.80. The molecule has 1 aliphatic carbocycles. The van der Waals surface area contributed by atoms with Crippen LogP contribution in [-0.2, 0) is 0 Å². The van der Waals surface area contributed by atoms with Crippen LogP contribution < -0.4 is 10.6 Å². The standard InChI is InChI=1S/C16H14ClN3O2S/c17-13-7-6-11(20(21)22)8-15(13)19-16(23)18-14-9-12(14)10-4-2-1-3-5-10/h1-8,12,14H,9H2,(H2,18,19,23)/t12-,14+/m0/s1. The number of nitro benzene ring substituents is 1. The van der Waals surface area contributed by atoms with Gasteiger partial charge in [0.05, 0.1) is 15.6 Å². The summed E-state index contributed by atoms with van der Waals surface area (Å²) in [6.07, 6.45) is 1.01. The lowest BCUT2D eigenvalue weighted by molar-refractivity contribution is -0.384. The molecule has 7 heteroatoms. The van der Waals surface area contributed by atoms with Crippen LogP contribution in [0.2, 0.25) is 5.02 Å². The van der Waals surface area contributed by atoms with E-state index in [0.717, 1.165) is 6.42 Å². The predicted molar refractivity (Wildman–Crippen MR) is 95.1 cm³/mol. The number of benzene rings is 2. The van der Waals surface area contributed by atoms with Crippen molar-refractivity contribution in [3.8, 4) is 0 Å². The average Bonchev–Trinajstić information content (AvgIpc) is 3.29. The number of nitro groups is 1. The van der Waals surface area contributed by atoms with E-state index >= 15 is 0 Å². The molecular formula is C16H14ClN3O2S. The normalized spacial score (nSPS) is 19.0. The van der Waals surface area contributed by atoms with Gasteiger partial charge in [-0.25, -0.2) is 0 Å². The molecular weight excluding hydrogens is 334 g/mol. The molecule has 0 spiro atoms. The fourth-order valence-electron chi connectivity index (χ4n) is 2.47. The second kappa shape index (κ2) is 6.52. The molecule has 1 aliphatic rings. The maximum absolute atomic E-state index is 10.8. The molecule has 2 aromatic rings. The molecule has 118 valence electrons. The van der Waals surface area contributed by atoms with E-state index in [1.165, 1.54) is 23.8 Å². The van der Waals surface area contributed by atoms with E-state index in [2.05, 4.69) is 22.8 Å². The lowest BCUT2D eigenvalue weighted by Crippen LogP contribution is -2.31. The van der Waals surface area contributed by atoms with Crippen molar-refractivity contribution in [2.45, 2.75) is 18.4 Å². The second-order valence-corrected chi connectivity index (χ2v) is 6.19. The minimum Gasteiger partial charge on any atom is -0.359 e. The molecule has 0 radical (unpaired) electrons. The van der Waals surface area contributed by atoms with Gasteiger partial charge in [0.2, 0.25) is 0 Å². The molecule has 2 atom stereocenters. The molecule has 0 aromatic heterocycles. The first kappa shape index (κ1) is 15.7. The quantitative estimate of drug-likeness (QED) is 0.495. The molecule has 0 heterocycles. The topological polar surface area (TPSA) is 67.2 Å². The molecule has 3 rings (SSSR count). The second-order valence-electron chi connectivity index (χ2n) is 5.38. The lowest BCUT2D eigenvalue weighted by Gasteiger charge is -2.11. The van der Waals surface area contributed by atoms with Crippen molar-refractivity contribution >= 4 is 40.3 Å². The maximum Gasteiger partial charge on any atom is 0.271 e. The van der Waals surface area contributed by atoms with Gasteiger partial charge in [0, 0.05) is 24.1 Å². The van der Waals surface area contributed by atoms with Crippen molar-refractivity contribution in [3.63, 3.8) is 0 Å². The van der Waals surface area contributed by atoms with E-state index in [1.54, 1.807) is 0 Å². The van der Waals surface area contributed by atoms with Gasteiger partial charge >= 0.3 is 0 Å². The van der Waals surface area contributed by atoms with Crippen LogP contribution in [0, 0.1) is 10.1 Å². The highest BCUT2D eigenvalue weighted by Crippen LogP contribution is 2.40. The Morgan fingerprint density at radius 1 is 1.26 bits per heavy atom. The van der Waals surface area contributed by atoms with Gasteiger partial charge in [-0.2, -0.15) is 0 Å². The monoisotopic (exact) mass is 347 g/mol. The zero-order valence-electron chi connectivity index (χ0n) is 12.0. The summed E-state index contributed by atoms with van der Waals surface area (Å²) in [7, 11) is 0. The van der Waals surface area contributed by atoms with Crippen molar-refractivity contribution in [3.05, 3.63) is 69.2 Å². The van der Waals surface area contributed by atoms with Gasteiger partial charge in [-0.3, -0.25) is 10.1 Å². The van der Waals surface area contributed by atoms with E-state index < -0.39 is 4.92 Å². The highest BCUT2D eigenvalue weighted by Gasteiger charge is 2.38. The largest absolute Gasteiger partial charge is 0.359 e. The average molecular weight is 348 g/mol. The Balaban J connectivity index is 1.61. The predicted octanol–water partition coefficient (Wildman–Crippen LogP) is 4.09. The summed E-state index contributed by atoms with van der Waals surface area (Å²) in [5.74, 6) is 0.441. The number of halogens is 1. The van der Waals surface area contributed by atoms with Crippen LogP contribution in [0.25, 0.3) is 0 Å². The summed E-state index contributed by atoms with van der Waals surface area (Å²) < 4.78 is 0. The molecule has 0 amide bonds. The number of thiocarbonyl (C=S) groups is 1. The minimum atomic E-state index is -0.468. The van der Waals surface area contributed by atoms with Crippen LogP contribution in [-0.4, -0.2) is 16.1 Å². The van der Waals surface area contributed by atoms with Gasteiger partial charge < -0.3 is 10.6 Å². The van der Waals surface area contributed by atoms with E-state index in [9.17, 15) is 10.1 Å². The molecule has 2 N–H and O–H groups in total. The Morgan fingerprint density at radius 3 is 2.70 bits per heavy atom. The van der Waals surface area contributed by atoms with Crippen molar-refractivity contribution in [2.75, 3.05) is 5.32 Å². The van der Waals surface area contributed by atoms with Gasteiger partial charge in [0.1, 0.15) is 0 Å². The van der Waals surface area contributed by atoms with E-state index in [-0.39, 0.29) is 11.7 Å². The summed E-state index contributed by atoms with van der Waals surface area (Å²) in [6.45, 7) is 0. The lowest BCUT2D eigenvalue weighted by atomic mass is 10.1. The SMILES string of the molecule is O=[N+]([O-])c1ccc(Cl)c(NC(=S)N[C@@H]2C[C@H]2c2ccccc2)c1. The van der Waals surface area contributed by atoms with Crippen molar-refractivity contribution < 1.29 is 4.92 Å². The van der Waals surface area contributed by atoms with Crippen LogP contribution in [0.1, 0.15) is 17.9 Å². The van der Waals surface area contributed by atoms with Gasteiger partial charge in [0.25, 0.3) is 5.69 Å². The third-order valence-electron chi connectivity index (χ3n) is 3.74. The summed E-state index contributed by atoms with van der Waals surface area (Å²) in [4.78, 5) is 10.4. The minimum absolute atomic E-state index is 0.0340. The van der Waals surface area contributed by atoms with Gasteiger partial charge in [0.15, 0.2) is 5.11 Å². The first-order valence-corrected chi connectivity index (χ1v) is 7.89. The summed E-state index contributed by atoms with van der Waals surface area (Å²) in [5.41, 5.74) is 1.67. The third-order valence-corrected chi connectivity index (χ3v) is 4.29. The third kappa shape index (κ3) is 3.78. The van der Waals surface area contributed by atoms with E-state index in [1.807, 2.05) is 18.2 Å².